The summed E-state index contributed by atoms with van der Waals surface area (Å²) in [4.78, 5) is 0.271. The van der Waals surface area contributed by atoms with Gasteiger partial charge in [0.2, 0.25) is 0 Å². The van der Waals surface area contributed by atoms with Gasteiger partial charge in [-0.25, -0.2) is 0 Å². The van der Waals surface area contributed by atoms with E-state index in [1.54, 1.807) is 12.1 Å². The Hall–Kier alpha value is -0.870. The van der Waals surface area contributed by atoms with Gasteiger partial charge in [-0.15, -0.1) is 0 Å². The van der Waals surface area contributed by atoms with Crippen LogP contribution in [-0.4, -0.2) is 15.0 Å². The number of hydrogen-bond donors (Lipinski definition) is 0. The third kappa shape index (κ3) is 3.32. The van der Waals surface area contributed by atoms with Crippen molar-refractivity contribution < 1.29 is 12.6 Å². The Bertz CT molecular complexity index is 579. The quantitative estimate of drug-likeness (QED) is 0.788. The molecule has 0 aromatic heterocycles. The van der Waals surface area contributed by atoms with E-state index in [4.69, 9.17) is 4.18 Å². The average Bonchev–Trinajstić information content (AvgIpc) is 2.46. The second-order valence-electron chi connectivity index (χ2n) is 6.88. The van der Waals surface area contributed by atoms with Gasteiger partial charge in [-0.3, -0.25) is 4.18 Å². The van der Waals surface area contributed by atoms with Crippen molar-refractivity contribution in [3.63, 3.8) is 0 Å². The molecule has 1 aromatic rings. The van der Waals surface area contributed by atoms with Gasteiger partial charge in [-0.2, -0.15) is 8.42 Å². The van der Waals surface area contributed by atoms with Crippen LogP contribution in [0.2, 0.25) is 0 Å². The summed E-state index contributed by atoms with van der Waals surface area (Å²) in [7, 11) is -3.62. The van der Waals surface area contributed by atoms with E-state index < -0.39 is 10.1 Å². The predicted molar refractivity (Wildman–Crippen MR) is 82.6 cm³/mol. The fourth-order valence-corrected chi connectivity index (χ4v) is 5.01. The molecule has 116 valence electrons. The molecule has 2 fully saturated rings. The van der Waals surface area contributed by atoms with Gasteiger partial charge in [0.1, 0.15) is 0 Å². The number of rotatable bonds is 4. The van der Waals surface area contributed by atoms with Crippen LogP contribution >= 0.6 is 0 Å². The fraction of sp³-hybridized carbons (Fsp3) is 0.647. The van der Waals surface area contributed by atoms with Gasteiger partial charge in [0.25, 0.3) is 10.1 Å². The number of aryl methyl sites for hydroxylation is 1. The lowest BCUT2D eigenvalue weighted by atomic mass is 9.62. The van der Waals surface area contributed by atoms with E-state index in [-0.39, 0.29) is 10.3 Å². The minimum Gasteiger partial charge on any atom is -0.266 e. The maximum Gasteiger partial charge on any atom is 0.296 e. The topological polar surface area (TPSA) is 43.4 Å². The molecule has 0 amide bonds. The second-order valence-corrected chi connectivity index (χ2v) is 8.50. The van der Waals surface area contributed by atoms with Crippen LogP contribution in [0.5, 0.6) is 0 Å². The Kier molecular flexibility index (Phi) is 4.10. The molecule has 0 N–H and O–H groups in total. The van der Waals surface area contributed by atoms with Gasteiger partial charge < -0.3 is 0 Å². The molecule has 1 aromatic carbocycles. The summed E-state index contributed by atoms with van der Waals surface area (Å²) in [5.41, 5.74) is 1.16. The molecule has 2 bridgehead atoms. The smallest absolute Gasteiger partial charge is 0.266 e. The minimum atomic E-state index is -3.62. The molecule has 2 aliphatic rings. The first-order valence-corrected chi connectivity index (χ1v) is 9.36. The van der Waals surface area contributed by atoms with Crippen molar-refractivity contribution in [2.45, 2.75) is 56.8 Å². The molecular formula is C17H24O3S. The van der Waals surface area contributed by atoms with Crippen molar-refractivity contribution in [3.8, 4) is 0 Å². The fourth-order valence-electron chi connectivity index (χ4n) is 4.00. The van der Waals surface area contributed by atoms with E-state index >= 15 is 0 Å². The Morgan fingerprint density at radius 2 is 1.76 bits per heavy atom. The monoisotopic (exact) mass is 308 g/mol. The number of hydrogen-bond acceptors (Lipinski definition) is 3. The van der Waals surface area contributed by atoms with E-state index in [0.717, 1.165) is 30.7 Å². The first kappa shape index (κ1) is 15.0. The highest BCUT2D eigenvalue weighted by Gasteiger charge is 2.40. The molecule has 0 saturated heterocycles. The van der Waals surface area contributed by atoms with Gasteiger partial charge in [0, 0.05) is 0 Å². The standard InChI is InChI=1S/C17H24O3S/c1-14-6-8-16(9-7-14)21(18,19)20-13-17-10-2-4-15(12-17)5-3-11-17/h6-9,15H,2-5,10-13H2,1H3. The zero-order valence-electron chi connectivity index (χ0n) is 12.7. The Balaban J connectivity index is 1.70. The summed E-state index contributed by atoms with van der Waals surface area (Å²) in [5.74, 6) is 0.790. The average molecular weight is 308 g/mol. The van der Waals surface area contributed by atoms with E-state index in [9.17, 15) is 8.42 Å². The summed E-state index contributed by atoms with van der Waals surface area (Å²) in [6.45, 7) is 2.31. The van der Waals surface area contributed by atoms with Crippen LogP contribution in [0, 0.1) is 18.3 Å². The third-order valence-electron chi connectivity index (χ3n) is 5.19. The zero-order chi connectivity index (χ0) is 14.9. The van der Waals surface area contributed by atoms with Crippen LogP contribution in [0.4, 0.5) is 0 Å². The highest BCUT2D eigenvalue weighted by molar-refractivity contribution is 7.86. The maximum absolute atomic E-state index is 12.3. The number of fused-ring (bicyclic) bond motifs is 2. The van der Waals surface area contributed by atoms with Crippen molar-refractivity contribution >= 4 is 10.1 Å². The lowest BCUT2D eigenvalue weighted by Crippen LogP contribution is -2.37. The molecule has 4 heteroatoms. The highest BCUT2D eigenvalue weighted by atomic mass is 32.2. The van der Waals surface area contributed by atoms with E-state index in [1.165, 1.54) is 25.7 Å². The molecule has 21 heavy (non-hydrogen) atoms. The molecule has 0 radical (unpaired) electrons. The van der Waals surface area contributed by atoms with Gasteiger partial charge >= 0.3 is 0 Å². The van der Waals surface area contributed by atoms with Crippen LogP contribution in [0.3, 0.4) is 0 Å². The van der Waals surface area contributed by atoms with Gasteiger partial charge in [-0.05, 0) is 49.7 Å². The molecule has 3 rings (SSSR count). The highest BCUT2D eigenvalue weighted by Crippen LogP contribution is 2.49. The van der Waals surface area contributed by atoms with Crippen LogP contribution in [0.1, 0.15) is 50.5 Å². The third-order valence-corrected chi connectivity index (χ3v) is 6.47. The molecular weight excluding hydrogens is 284 g/mol. The summed E-state index contributed by atoms with van der Waals surface area (Å²) in [5, 5.41) is 0. The summed E-state index contributed by atoms with van der Waals surface area (Å²) in [6, 6.07) is 6.89. The zero-order valence-corrected chi connectivity index (χ0v) is 13.5. The molecule has 2 aliphatic carbocycles. The molecule has 0 spiro atoms. The largest absolute Gasteiger partial charge is 0.296 e. The first-order valence-electron chi connectivity index (χ1n) is 7.95. The summed E-state index contributed by atoms with van der Waals surface area (Å²) >= 11 is 0. The Morgan fingerprint density at radius 3 is 2.38 bits per heavy atom. The van der Waals surface area contributed by atoms with Gasteiger partial charge in [0.05, 0.1) is 11.5 Å². The second kappa shape index (κ2) is 5.73. The van der Waals surface area contributed by atoms with Crippen LogP contribution in [-0.2, 0) is 14.3 Å². The Labute approximate surface area is 127 Å². The lowest BCUT2D eigenvalue weighted by molar-refractivity contribution is 0.0305. The van der Waals surface area contributed by atoms with E-state index in [2.05, 4.69) is 0 Å². The maximum atomic E-state index is 12.3. The normalized spacial score (nSPS) is 29.3. The van der Waals surface area contributed by atoms with Gasteiger partial charge in [-0.1, -0.05) is 43.4 Å². The van der Waals surface area contributed by atoms with Crippen molar-refractivity contribution in [2.75, 3.05) is 6.61 Å². The molecule has 3 nitrogen and oxygen atoms in total. The van der Waals surface area contributed by atoms with Crippen molar-refractivity contribution in [3.05, 3.63) is 29.8 Å². The van der Waals surface area contributed by atoms with E-state index in [0.29, 0.717) is 6.61 Å². The van der Waals surface area contributed by atoms with Crippen LogP contribution in [0.15, 0.2) is 29.2 Å². The molecule has 2 saturated carbocycles. The van der Waals surface area contributed by atoms with Gasteiger partial charge in [0.15, 0.2) is 0 Å². The Morgan fingerprint density at radius 1 is 1.14 bits per heavy atom. The van der Waals surface area contributed by atoms with Crippen molar-refractivity contribution in [1.82, 2.24) is 0 Å². The molecule has 0 unspecified atom stereocenters. The first-order chi connectivity index (χ1) is 9.99. The van der Waals surface area contributed by atoms with E-state index in [1.807, 2.05) is 19.1 Å². The summed E-state index contributed by atoms with van der Waals surface area (Å²) in [6.07, 6.45) is 8.45. The molecule has 0 aliphatic heterocycles. The van der Waals surface area contributed by atoms with Crippen molar-refractivity contribution in [1.29, 1.82) is 0 Å². The van der Waals surface area contributed by atoms with Crippen LogP contribution in [0.25, 0.3) is 0 Å². The lowest BCUT2D eigenvalue weighted by Gasteiger charge is -2.44. The van der Waals surface area contributed by atoms with Crippen molar-refractivity contribution in [2.24, 2.45) is 11.3 Å². The molecule has 0 heterocycles. The predicted octanol–water partition coefficient (Wildman–Crippen LogP) is 4.06. The number of benzene rings is 1. The SMILES string of the molecule is Cc1ccc(S(=O)(=O)OCC23CCCC(CCC2)C3)cc1. The minimum absolute atomic E-state index is 0.110. The van der Waals surface area contributed by atoms with Crippen LogP contribution < -0.4 is 0 Å². The summed E-state index contributed by atoms with van der Waals surface area (Å²) < 4.78 is 30.1. The molecule has 0 atom stereocenters.